The summed E-state index contributed by atoms with van der Waals surface area (Å²) in [4.78, 5) is 10.6. The molecule has 0 N–H and O–H groups in total. The first kappa shape index (κ1) is 11.2. The minimum absolute atomic E-state index is 0.0408. The third-order valence-electron chi connectivity index (χ3n) is 3.69. The second-order valence-corrected chi connectivity index (χ2v) is 5.19. The molecule has 0 aromatic carbocycles. The molecule has 17 heavy (non-hydrogen) atoms. The van der Waals surface area contributed by atoms with Gasteiger partial charge in [-0.25, -0.2) is 9.97 Å². The highest BCUT2D eigenvalue weighted by atomic mass is 35.5. The maximum atomic E-state index is 6.08. The van der Waals surface area contributed by atoms with Gasteiger partial charge in [0.25, 0.3) is 0 Å². The Kier molecular flexibility index (Phi) is 2.92. The molecule has 1 atom stereocenters. The van der Waals surface area contributed by atoms with Crippen LogP contribution in [-0.4, -0.2) is 35.3 Å². The summed E-state index contributed by atoms with van der Waals surface area (Å²) in [7, 11) is 0. The Labute approximate surface area is 106 Å². The van der Waals surface area contributed by atoms with Crippen molar-refractivity contribution in [2.45, 2.75) is 31.3 Å². The van der Waals surface area contributed by atoms with Crippen molar-refractivity contribution in [2.75, 3.05) is 24.6 Å². The highest BCUT2D eigenvalue weighted by Gasteiger charge is 2.41. The zero-order valence-electron chi connectivity index (χ0n) is 9.73. The molecule has 5 heteroatoms. The van der Waals surface area contributed by atoms with Crippen LogP contribution in [0.4, 0.5) is 5.82 Å². The van der Waals surface area contributed by atoms with E-state index >= 15 is 0 Å². The normalized spacial score (nSPS) is 28.9. The number of halogens is 1. The number of aromatic nitrogens is 2. The van der Waals surface area contributed by atoms with E-state index in [9.17, 15) is 0 Å². The van der Waals surface area contributed by atoms with Gasteiger partial charge in [0.05, 0.1) is 5.60 Å². The van der Waals surface area contributed by atoms with Gasteiger partial charge in [-0.2, -0.15) is 0 Å². The smallest absolute Gasteiger partial charge is 0.171 e. The Balaban J connectivity index is 1.77. The summed E-state index contributed by atoms with van der Waals surface area (Å²) in [5.74, 6) is 0.792. The number of ether oxygens (including phenoxy) is 1. The maximum Gasteiger partial charge on any atom is 0.171 e. The van der Waals surface area contributed by atoms with Crippen LogP contribution in [0.1, 0.15) is 25.7 Å². The Morgan fingerprint density at radius 3 is 2.88 bits per heavy atom. The predicted octanol–water partition coefficient (Wildman–Crippen LogP) is 2.28. The van der Waals surface area contributed by atoms with Crippen molar-refractivity contribution in [1.29, 1.82) is 0 Å². The molecule has 0 bridgehead atoms. The molecule has 1 spiro atoms. The minimum atomic E-state index is 0.0408. The Hall–Kier alpha value is -0.870. The summed E-state index contributed by atoms with van der Waals surface area (Å²) in [6.45, 7) is 2.74. The second-order valence-electron chi connectivity index (χ2n) is 4.83. The molecule has 2 aliphatic rings. The molecule has 0 radical (unpaired) electrons. The fraction of sp³-hybridized carbons (Fsp3) is 0.667. The third-order valence-corrected chi connectivity index (χ3v) is 3.95. The van der Waals surface area contributed by atoms with E-state index < -0.39 is 0 Å². The van der Waals surface area contributed by atoms with Crippen molar-refractivity contribution < 1.29 is 4.74 Å². The minimum Gasteiger partial charge on any atom is -0.373 e. The first-order chi connectivity index (χ1) is 8.29. The Morgan fingerprint density at radius 2 is 2.12 bits per heavy atom. The first-order valence-corrected chi connectivity index (χ1v) is 6.52. The van der Waals surface area contributed by atoms with Crippen LogP contribution in [0.5, 0.6) is 0 Å². The van der Waals surface area contributed by atoms with Crippen molar-refractivity contribution in [3.8, 4) is 0 Å². The number of anilines is 1. The van der Waals surface area contributed by atoms with Gasteiger partial charge in [-0.15, -0.1) is 0 Å². The molecular weight excluding hydrogens is 238 g/mol. The fourth-order valence-corrected chi connectivity index (χ4v) is 3.01. The molecule has 2 aliphatic heterocycles. The van der Waals surface area contributed by atoms with Gasteiger partial charge in [0.15, 0.2) is 11.0 Å². The van der Waals surface area contributed by atoms with E-state index in [2.05, 4.69) is 14.9 Å². The molecular formula is C12H16ClN3O. The van der Waals surface area contributed by atoms with Crippen LogP contribution in [0.3, 0.4) is 0 Å². The zero-order valence-corrected chi connectivity index (χ0v) is 10.5. The van der Waals surface area contributed by atoms with Gasteiger partial charge in [-0.3, -0.25) is 0 Å². The van der Waals surface area contributed by atoms with Gasteiger partial charge in [0.2, 0.25) is 0 Å². The molecule has 2 saturated heterocycles. The van der Waals surface area contributed by atoms with E-state index in [0.717, 1.165) is 38.4 Å². The number of nitrogens with zero attached hydrogens (tertiary/aromatic N) is 3. The molecule has 0 aliphatic carbocycles. The van der Waals surface area contributed by atoms with Gasteiger partial charge in [0.1, 0.15) is 0 Å². The number of hydrogen-bond donors (Lipinski definition) is 0. The second kappa shape index (κ2) is 4.42. The van der Waals surface area contributed by atoms with E-state index in [1.54, 1.807) is 12.4 Å². The summed E-state index contributed by atoms with van der Waals surface area (Å²) in [5.41, 5.74) is 0.0408. The first-order valence-electron chi connectivity index (χ1n) is 6.15. The lowest BCUT2D eigenvalue weighted by molar-refractivity contribution is -0.0622. The molecule has 0 saturated carbocycles. The van der Waals surface area contributed by atoms with E-state index in [4.69, 9.17) is 16.3 Å². The van der Waals surface area contributed by atoms with E-state index in [-0.39, 0.29) is 5.60 Å². The van der Waals surface area contributed by atoms with Crippen molar-refractivity contribution in [2.24, 2.45) is 0 Å². The average Bonchev–Trinajstić information content (AvgIpc) is 2.74. The van der Waals surface area contributed by atoms with Crippen LogP contribution in [0.15, 0.2) is 12.4 Å². The fourth-order valence-electron chi connectivity index (χ4n) is 2.78. The van der Waals surface area contributed by atoms with Gasteiger partial charge in [0, 0.05) is 32.1 Å². The Morgan fingerprint density at radius 1 is 1.24 bits per heavy atom. The van der Waals surface area contributed by atoms with Crippen molar-refractivity contribution in [3.05, 3.63) is 17.5 Å². The molecule has 1 aromatic heterocycles. The summed E-state index contributed by atoms with van der Waals surface area (Å²) in [5, 5.41) is 0.486. The van der Waals surface area contributed by atoms with Crippen LogP contribution in [0, 0.1) is 0 Å². The molecule has 1 aromatic rings. The molecule has 3 heterocycles. The van der Waals surface area contributed by atoms with E-state index in [1.807, 2.05) is 0 Å². The van der Waals surface area contributed by atoms with Crippen LogP contribution in [0.2, 0.25) is 5.15 Å². The molecule has 3 rings (SSSR count). The molecule has 92 valence electrons. The van der Waals surface area contributed by atoms with Gasteiger partial charge in [-0.1, -0.05) is 11.6 Å². The molecule has 4 nitrogen and oxygen atoms in total. The zero-order chi connectivity index (χ0) is 11.7. The summed E-state index contributed by atoms with van der Waals surface area (Å²) >= 11 is 6.08. The van der Waals surface area contributed by atoms with Gasteiger partial charge in [-0.05, 0) is 25.7 Å². The predicted molar refractivity (Wildman–Crippen MR) is 66.4 cm³/mol. The van der Waals surface area contributed by atoms with Crippen LogP contribution in [0.25, 0.3) is 0 Å². The lowest BCUT2D eigenvalue weighted by atomic mass is 9.93. The molecule has 0 amide bonds. The summed E-state index contributed by atoms with van der Waals surface area (Å²) in [6, 6.07) is 0. The number of hydrogen-bond acceptors (Lipinski definition) is 4. The maximum absolute atomic E-state index is 6.08. The third kappa shape index (κ3) is 2.11. The highest BCUT2D eigenvalue weighted by Crippen LogP contribution is 2.36. The average molecular weight is 254 g/mol. The van der Waals surface area contributed by atoms with Gasteiger partial charge < -0.3 is 9.64 Å². The van der Waals surface area contributed by atoms with Crippen LogP contribution < -0.4 is 4.90 Å². The highest BCUT2D eigenvalue weighted by molar-refractivity contribution is 6.31. The van der Waals surface area contributed by atoms with Gasteiger partial charge >= 0.3 is 0 Å². The summed E-state index contributed by atoms with van der Waals surface area (Å²) in [6.07, 6.45) is 7.99. The molecule has 2 fully saturated rings. The number of rotatable bonds is 1. The summed E-state index contributed by atoms with van der Waals surface area (Å²) < 4.78 is 5.99. The lowest BCUT2D eigenvalue weighted by Crippen LogP contribution is -2.39. The van der Waals surface area contributed by atoms with Crippen LogP contribution >= 0.6 is 11.6 Å². The van der Waals surface area contributed by atoms with Crippen molar-refractivity contribution in [1.82, 2.24) is 9.97 Å². The quantitative estimate of drug-likeness (QED) is 0.770. The monoisotopic (exact) mass is 253 g/mol. The topological polar surface area (TPSA) is 38.2 Å². The van der Waals surface area contributed by atoms with Crippen molar-refractivity contribution in [3.63, 3.8) is 0 Å². The van der Waals surface area contributed by atoms with Crippen molar-refractivity contribution >= 4 is 17.4 Å². The Bertz CT molecular complexity index is 406. The largest absolute Gasteiger partial charge is 0.373 e. The van der Waals surface area contributed by atoms with E-state index in [0.29, 0.717) is 5.15 Å². The lowest BCUT2D eigenvalue weighted by Gasteiger charge is -2.33. The molecule has 1 unspecified atom stereocenters. The van der Waals surface area contributed by atoms with E-state index in [1.165, 1.54) is 12.8 Å². The standard InChI is InChI=1S/C12H16ClN3O/c13-10-11(15-6-5-14-10)16-7-4-12(9-16)3-1-2-8-17-12/h5-6H,1-4,7-9H2. The van der Waals surface area contributed by atoms with Crippen LogP contribution in [-0.2, 0) is 4.74 Å². The SMILES string of the molecule is Clc1nccnc1N1CCC2(CCCCO2)C1.